The van der Waals surface area contributed by atoms with Gasteiger partial charge in [0.15, 0.2) is 0 Å². The lowest BCUT2D eigenvalue weighted by molar-refractivity contribution is 0.361. The van der Waals surface area contributed by atoms with Crippen LogP contribution >= 0.6 is 11.6 Å². The minimum Gasteiger partial charge on any atom is -0.317 e. The minimum atomic E-state index is 0.558. The summed E-state index contributed by atoms with van der Waals surface area (Å²) in [6, 6.07) is 8.79. The highest BCUT2D eigenvalue weighted by atomic mass is 35.5. The third-order valence-corrected chi connectivity index (χ3v) is 4.79. The fourth-order valence-electron chi connectivity index (χ4n) is 3.23. The van der Waals surface area contributed by atoms with Crippen LogP contribution in [-0.4, -0.2) is 13.1 Å². The van der Waals surface area contributed by atoms with Crippen molar-refractivity contribution in [2.24, 2.45) is 5.92 Å². The first kappa shape index (κ1) is 14.9. The molecular weight excluding hydrogens is 254 g/mol. The second kappa shape index (κ2) is 7.91. The van der Waals surface area contributed by atoms with Gasteiger partial charge in [-0.3, -0.25) is 0 Å². The molecule has 0 radical (unpaired) electrons. The summed E-state index contributed by atoms with van der Waals surface area (Å²) in [5.74, 6) is 0.905. The van der Waals surface area contributed by atoms with Crippen LogP contribution < -0.4 is 5.32 Å². The van der Waals surface area contributed by atoms with Gasteiger partial charge in [0.1, 0.15) is 0 Å². The normalized spacial score (nSPS) is 19.1. The molecule has 1 aliphatic carbocycles. The zero-order chi connectivity index (χ0) is 13.5. The molecule has 1 nitrogen and oxygen atoms in total. The molecule has 0 heterocycles. The Morgan fingerprint density at radius 3 is 2.47 bits per heavy atom. The van der Waals surface area contributed by atoms with Gasteiger partial charge in [-0.2, -0.15) is 0 Å². The molecule has 1 aromatic rings. The first-order valence-electron chi connectivity index (χ1n) is 7.70. The summed E-state index contributed by atoms with van der Waals surface area (Å²) < 4.78 is 0. The zero-order valence-corrected chi connectivity index (χ0v) is 12.8. The van der Waals surface area contributed by atoms with Crippen molar-refractivity contribution >= 4 is 11.6 Å². The van der Waals surface area contributed by atoms with E-state index in [9.17, 15) is 0 Å². The van der Waals surface area contributed by atoms with Crippen LogP contribution in [0.1, 0.15) is 50.5 Å². The standard InChI is InChI=1S/C17H26ClN/c1-19-16(12-14-8-4-2-3-5-9-14)13-15-10-6-7-11-17(15)18/h6-7,10-11,14,16,19H,2-5,8-9,12-13H2,1H3. The van der Waals surface area contributed by atoms with E-state index in [0.717, 1.165) is 17.4 Å². The van der Waals surface area contributed by atoms with Crippen LogP contribution in [0.4, 0.5) is 0 Å². The Morgan fingerprint density at radius 1 is 1.16 bits per heavy atom. The number of likely N-dealkylation sites (N-methyl/N-ethyl adjacent to an activating group) is 1. The molecule has 0 spiro atoms. The molecule has 1 unspecified atom stereocenters. The molecule has 1 atom stereocenters. The van der Waals surface area contributed by atoms with Crippen LogP contribution in [0.25, 0.3) is 0 Å². The average Bonchev–Trinajstić information content (AvgIpc) is 2.69. The molecule has 1 saturated carbocycles. The van der Waals surface area contributed by atoms with Gasteiger partial charge in [-0.1, -0.05) is 68.3 Å². The topological polar surface area (TPSA) is 12.0 Å². The average molecular weight is 280 g/mol. The number of benzene rings is 1. The molecule has 1 N–H and O–H groups in total. The summed E-state index contributed by atoms with van der Waals surface area (Å²) in [7, 11) is 2.08. The Morgan fingerprint density at radius 2 is 1.84 bits per heavy atom. The van der Waals surface area contributed by atoms with E-state index in [1.54, 1.807) is 0 Å². The van der Waals surface area contributed by atoms with Crippen LogP contribution in [0.15, 0.2) is 24.3 Å². The SMILES string of the molecule is CNC(Cc1ccccc1Cl)CC1CCCCCC1. The van der Waals surface area contributed by atoms with E-state index in [0.29, 0.717) is 6.04 Å². The van der Waals surface area contributed by atoms with Gasteiger partial charge >= 0.3 is 0 Å². The van der Waals surface area contributed by atoms with E-state index in [2.05, 4.69) is 24.5 Å². The van der Waals surface area contributed by atoms with Gasteiger partial charge in [0, 0.05) is 11.1 Å². The van der Waals surface area contributed by atoms with Gasteiger partial charge < -0.3 is 5.32 Å². The number of halogens is 1. The lowest BCUT2D eigenvalue weighted by atomic mass is 9.90. The van der Waals surface area contributed by atoms with Crippen molar-refractivity contribution in [1.29, 1.82) is 0 Å². The van der Waals surface area contributed by atoms with Crippen LogP contribution in [-0.2, 0) is 6.42 Å². The number of hydrogen-bond donors (Lipinski definition) is 1. The molecule has 0 aromatic heterocycles. The molecule has 0 bridgehead atoms. The van der Waals surface area contributed by atoms with Crippen molar-refractivity contribution in [1.82, 2.24) is 5.32 Å². The molecule has 106 valence electrons. The largest absolute Gasteiger partial charge is 0.317 e. The summed E-state index contributed by atoms with van der Waals surface area (Å²) in [4.78, 5) is 0. The van der Waals surface area contributed by atoms with Crippen molar-refractivity contribution in [3.05, 3.63) is 34.9 Å². The van der Waals surface area contributed by atoms with E-state index in [1.807, 2.05) is 12.1 Å². The van der Waals surface area contributed by atoms with Crippen molar-refractivity contribution in [3.8, 4) is 0 Å². The Bertz CT molecular complexity index is 369. The molecule has 0 aliphatic heterocycles. The van der Waals surface area contributed by atoms with E-state index in [1.165, 1.54) is 50.5 Å². The Labute approximate surface area is 122 Å². The summed E-state index contributed by atoms with van der Waals surface area (Å²) in [6.07, 6.45) is 10.9. The molecule has 19 heavy (non-hydrogen) atoms. The van der Waals surface area contributed by atoms with Crippen molar-refractivity contribution in [2.45, 2.75) is 57.4 Å². The lowest BCUT2D eigenvalue weighted by Gasteiger charge is -2.22. The van der Waals surface area contributed by atoms with Gasteiger partial charge in [0.05, 0.1) is 0 Å². The molecule has 2 heteroatoms. The number of rotatable bonds is 5. The monoisotopic (exact) mass is 279 g/mol. The van der Waals surface area contributed by atoms with Crippen LogP contribution in [0.3, 0.4) is 0 Å². The van der Waals surface area contributed by atoms with Crippen molar-refractivity contribution < 1.29 is 0 Å². The highest BCUT2D eigenvalue weighted by Crippen LogP contribution is 2.28. The highest BCUT2D eigenvalue weighted by Gasteiger charge is 2.18. The smallest absolute Gasteiger partial charge is 0.0438 e. The molecule has 1 fully saturated rings. The minimum absolute atomic E-state index is 0.558. The van der Waals surface area contributed by atoms with Crippen molar-refractivity contribution in [2.75, 3.05) is 7.05 Å². The summed E-state index contributed by atoms with van der Waals surface area (Å²) in [5.41, 5.74) is 1.28. The highest BCUT2D eigenvalue weighted by molar-refractivity contribution is 6.31. The fourth-order valence-corrected chi connectivity index (χ4v) is 3.45. The molecule has 1 aliphatic rings. The van der Waals surface area contributed by atoms with E-state index in [4.69, 9.17) is 11.6 Å². The van der Waals surface area contributed by atoms with Gasteiger partial charge in [0.2, 0.25) is 0 Å². The second-order valence-corrected chi connectivity index (χ2v) is 6.28. The third kappa shape index (κ3) is 4.81. The van der Waals surface area contributed by atoms with E-state index >= 15 is 0 Å². The van der Waals surface area contributed by atoms with Crippen LogP contribution in [0, 0.1) is 5.92 Å². The second-order valence-electron chi connectivity index (χ2n) is 5.87. The summed E-state index contributed by atoms with van der Waals surface area (Å²) >= 11 is 6.27. The first-order chi connectivity index (χ1) is 9.29. The predicted molar refractivity (Wildman–Crippen MR) is 83.8 cm³/mol. The lowest BCUT2D eigenvalue weighted by Crippen LogP contribution is -2.30. The predicted octanol–water partition coefficient (Wildman–Crippen LogP) is 4.83. The molecule has 2 rings (SSSR count). The molecule has 1 aromatic carbocycles. The van der Waals surface area contributed by atoms with Crippen LogP contribution in [0.2, 0.25) is 5.02 Å². The summed E-state index contributed by atoms with van der Waals surface area (Å²) in [6.45, 7) is 0. The fraction of sp³-hybridized carbons (Fsp3) is 0.647. The van der Waals surface area contributed by atoms with Gasteiger partial charge in [-0.25, -0.2) is 0 Å². The molecular formula is C17H26ClN. The maximum Gasteiger partial charge on any atom is 0.0438 e. The first-order valence-corrected chi connectivity index (χ1v) is 8.08. The van der Waals surface area contributed by atoms with Gasteiger partial charge in [-0.05, 0) is 37.4 Å². The quantitative estimate of drug-likeness (QED) is 0.761. The number of hydrogen-bond acceptors (Lipinski definition) is 1. The Hall–Kier alpha value is -0.530. The molecule has 0 amide bonds. The maximum atomic E-state index is 6.27. The maximum absolute atomic E-state index is 6.27. The van der Waals surface area contributed by atoms with E-state index in [-0.39, 0.29) is 0 Å². The zero-order valence-electron chi connectivity index (χ0n) is 12.0. The van der Waals surface area contributed by atoms with Gasteiger partial charge in [0.25, 0.3) is 0 Å². The third-order valence-electron chi connectivity index (χ3n) is 4.42. The van der Waals surface area contributed by atoms with Crippen LogP contribution in [0.5, 0.6) is 0 Å². The summed E-state index contributed by atoms with van der Waals surface area (Å²) in [5, 5.41) is 4.39. The van der Waals surface area contributed by atoms with Gasteiger partial charge in [-0.15, -0.1) is 0 Å². The van der Waals surface area contributed by atoms with Crippen molar-refractivity contribution in [3.63, 3.8) is 0 Å². The molecule has 0 saturated heterocycles. The van der Waals surface area contributed by atoms with E-state index < -0.39 is 0 Å². The Kier molecular flexibility index (Phi) is 6.19. The Balaban J connectivity index is 1.90. The number of nitrogens with one attached hydrogen (secondary N) is 1.